The number of aromatic amines is 1. The van der Waals surface area contributed by atoms with E-state index in [0.29, 0.717) is 25.7 Å². The number of para-hydroxylation sites is 1. The van der Waals surface area contributed by atoms with E-state index in [-0.39, 0.29) is 11.7 Å². The second-order valence-electron chi connectivity index (χ2n) is 5.74. The molecular weight excluding hydrogens is 544 g/mol. The summed E-state index contributed by atoms with van der Waals surface area (Å²) >= 11 is 10.1. The van der Waals surface area contributed by atoms with Gasteiger partial charge in [0.25, 0.3) is 5.95 Å². The van der Waals surface area contributed by atoms with Crippen molar-refractivity contribution in [3.63, 3.8) is 0 Å². The molecule has 0 bridgehead atoms. The van der Waals surface area contributed by atoms with Crippen LogP contribution in [0.5, 0.6) is 5.75 Å². The number of nitrogens with one attached hydrogen (secondary N) is 2. The summed E-state index contributed by atoms with van der Waals surface area (Å²) in [6.07, 6.45) is 1.54. The van der Waals surface area contributed by atoms with Crippen LogP contribution >= 0.6 is 47.8 Å². The van der Waals surface area contributed by atoms with E-state index in [1.54, 1.807) is 12.3 Å². The number of fused-ring (bicyclic) bond motifs is 3. The van der Waals surface area contributed by atoms with Gasteiger partial charge in [0, 0.05) is 15.4 Å². The zero-order valence-electron chi connectivity index (χ0n) is 13.8. The topological polar surface area (TPSA) is 99.1 Å². The monoisotopic (exact) mass is 552 g/mol. The molecule has 0 saturated heterocycles. The average molecular weight is 555 g/mol. The lowest BCUT2D eigenvalue weighted by molar-refractivity contribution is 0.468. The maximum Gasteiger partial charge on any atom is 0.265 e. The van der Waals surface area contributed by atoms with Crippen LogP contribution in [0.15, 0.2) is 42.8 Å². The van der Waals surface area contributed by atoms with Crippen LogP contribution in [0.1, 0.15) is 11.1 Å². The van der Waals surface area contributed by atoms with Gasteiger partial charge in [-0.1, -0.05) is 34.1 Å². The second-order valence-corrected chi connectivity index (χ2v) is 8.24. The highest BCUT2D eigenvalue weighted by Crippen LogP contribution is 2.38. The molecule has 0 saturated carbocycles. The molecule has 27 heavy (non-hydrogen) atoms. The first-order valence-corrected chi connectivity index (χ1v) is 10.1. The fraction of sp³-hybridized carbons (Fsp3) is 0.0588. The van der Waals surface area contributed by atoms with Crippen LogP contribution in [0.3, 0.4) is 0 Å². The lowest BCUT2D eigenvalue weighted by atomic mass is 10.1. The van der Waals surface area contributed by atoms with E-state index in [0.717, 1.165) is 20.9 Å². The van der Waals surface area contributed by atoms with Crippen molar-refractivity contribution in [1.29, 1.82) is 0 Å². The lowest BCUT2D eigenvalue weighted by Crippen LogP contribution is -1.99. The summed E-state index contributed by atoms with van der Waals surface area (Å²) in [5.41, 5.74) is 6.89. The Labute approximate surface area is 178 Å². The van der Waals surface area contributed by atoms with Crippen molar-refractivity contribution in [3.05, 3.63) is 48.8 Å². The number of benzene rings is 2. The third-order valence-corrected chi connectivity index (χ3v) is 6.06. The number of phenols is 1. The fourth-order valence-electron chi connectivity index (χ4n) is 2.66. The van der Waals surface area contributed by atoms with Crippen molar-refractivity contribution < 1.29 is 5.11 Å². The number of aromatic hydroxyl groups is 1. The molecule has 7 nitrogen and oxygen atoms in total. The summed E-state index contributed by atoms with van der Waals surface area (Å²) in [6, 6.07) is 7.72. The number of aryl methyl sites for hydroxylation is 1. The van der Waals surface area contributed by atoms with Gasteiger partial charge in [0.05, 0.1) is 20.7 Å². The maximum atomic E-state index is 10.0. The first-order chi connectivity index (χ1) is 13.0. The number of H-pyrrole nitrogens is 1. The predicted octanol–water partition coefficient (Wildman–Crippen LogP) is 5.25. The second kappa shape index (κ2) is 7.17. The van der Waals surface area contributed by atoms with Gasteiger partial charge in [-0.3, -0.25) is 0 Å². The Hall–Kier alpha value is -2.04. The highest BCUT2D eigenvalue weighted by atomic mass is 79.9. The third-order valence-electron chi connectivity index (χ3n) is 4.00. The van der Waals surface area contributed by atoms with Crippen LogP contribution in [0, 0.1) is 6.92 Å². The number of hydrogen-bond donors (Lipinski definition) is 3. The van der Waals surface area contributed by atoms with Gasteiger partial charge in [0.1, 0.15) is 11.3 Å². The first-order valence-electron chi connectivity index (χ1n) is 7.73. The van der Waals surface area contributed by atoms with Crippen molar-refractivity contribution in [2.75, 3.05) is 5.43 Å². The average Bonchev–Trinajstić information content (AvgIpc) is 3.02. The molecule has 0 fully saturated rings. The number of anilines is 1. The van der Waals surface area contributed by atoms with Gasteiger partial charge >= 0.3 is 0 Å². The van der Waals surface area contributed by atoms with E-state index in [2.05, 4.69) is 78.5 Å². The van der Waals surface area contributed by atoms with Crippen LogP contribution in [0.25, 0.3) is 22.1 Å². The first kappa shape index (κ1) is 18.3. The SMILES string of the molecule is Cc1cccc2c1[nH]c1nc(NN=Cc3c(Br)cc(Br)c(O)c3Br)nnc12. The van der Waals surface area contributed by atoms with Gasteiger partial charge in [0.2, 0.25) is 0 Å². The molecule has 0 unspecified atom stereocenters. The molecule has 4 rings (SSSR count). The molecule has 2 aromatic heterocycles. The summed E-state index contributed by atoms with van der Waals surface area (Å²) in [7, 11) is 0. The molecule has 10 heteroatoms. The minimum Gasteiger partial charge on any atom is -0.506 e. The van der Waals surface area contributed by atoms with Gasteiger partial charge in [-0.05, 0) is 50.4 Å². The highest BCUT2D eigenvalue weighted by Gasteiger charge is 2.12. The molecule has 0 radical (unpaired) electrons. The summed E-state index contributed by atoms with van der Waals surface area (Å²) in [5.74, 6) is 0.351. The lowest BCUT2D eigenvalue weighted by Gasteiger charge is -2.06. The van der Waals surface area contributed by atoms with E-state index in [9.17, 15) is 5.11 Å². The van der Waals surface area contributed by atoms with Crippen molar-refractivity contribution in [2.45, 2.75) is 6.92 Å². The minimum absolute atomic E-state index is 0.0902. The van der Waals surface area contributed by atoms with E-state index < -0.39 is 0 Å². The van der Waals surface area contributed by atoms with Gasteiger partial charge in [-0.15, -0.1) is 10.2 Å². The molecule has 2 heterocycles. The van der Waals surface area contributed by atoms with Crippen LogP contribution in [0.2, 0.25) is 0 Å². The molecule has 0 atom stereocenters. The Bertz CT molecular complexity index is 1220. The largest absolute Gasteiger partial charge is 0.506 e. The molecule has 3 N–H and O–H groups in total. The van der Waals surface area contributed by atoms with Gasteiger partial charge in [-0.25, -0.2) is 5.43 Å². The number of hydrazone groups is 1. The summed E-state index contributed by atoms with van der Waals surface area (Å²) < 4.78 is 1.83. The van der Waals surface area contributed by atoms with Crippen LogP contribution in [-0.2, 0) is 0 Å². The molecule has 0 aliphatic heterocycles. The Morgan fingerprint density at radius 3 is 2.81 bits per heavy atom. The van der Waals surface area contributed by atoms with Crippen molar-refractivity contribution in [3.8, 4) is 5.75 Å². The molecule has 0 spiro atoms. The number of aromatic nitrogens is 4. The predicted molar refractivity (Wildman–Crippen MR) is 116 cm³/mol. The minimum atomic E-state index is 0.0902. The van der Waals surface area contributed by atoms with E-state index >= 15 is 0 Å². The van der Waals surface area contributed by atoms with Gasteiger partial charge in [0.15, 0.2) is 5.65 Å². The van der Waals surface area contributed by atoms with E-state index in [1.807, 2.05) is 25.1 Å². The fourth-order valence-corrected chi connectivity index (χ4v) is 4.98. The Morgan fingerprint density at radius 2 is 2.00 bits per heavy atom. The summed E-state index contributed by atoms with van der Waals surface area (Å²) in [6.45, 7) is 2.03. The maximum absolute atomic E-state index is 10.0. The smallest absolute Gasteiger partial charge is 0.265 e. The van der Waals surface area contributed by atoms with Crippen LogP contribution in [0.4, 0.5) is 5.95 Å². The Morgan fingerprint density at radius 1 is 1.19 bits per heavy atom. The van der Waals surface area contributed by atoms with Crippen molar-refractivity contribution in [1.82, 2.24) is 20.2 Å². The normalized spacial score (nSPS) is 11.7. The molecule has 0 aliphatic rings. The van der Waals surface area contributed by atoms with E-state index in [1.165, 1.54) is 0 Å². The Kier molecular flexibility index (Phi) is 4.87. The molecular formula is C17H11Br3N6O. The molecule has 2 aromatic carbocycles. The molecule has 4 aromatic rings. The van der Waals surface area contributed by atoms with E-state index in [4.69, 9.17) is 0 Å². The Balaban J connectivity index is 1.65. The zero-order valence-corrected chi connectivity index (χ0v) is 18.5. The number of nitrogens with zero attached hydrogens (tertiary/aromatic N) is 4. The van der Waals surface area contributed by atoms with Gasteiger partial charge < -0.3 is 10.1 Å². The van der Waals surface area contributed by atoms with Gasteiger partial charge in [-0.2, -0.15) is 10.1 Å². The quantitative estimate of drug-likeness (QED) is 0.237. The van der Waals surface area contributed by atoms with Crippen LogP contribution in [-0.4, -0.2) is 31.5 Å². The summed E-state index contributed by atoms with van der Waals surface area (Å²) in [5, 5.41) is 23.5. The number of rotatable bonds is 3. The zero-order chi connectivity index (χ0) is 19.1. The third kappa shape index (κ3) is 3.32. The van der Waals surface area contributed by atoms with Crippen LogP contribution < -0.4 is 5.43 Å². The number of halogens is 3. The van der Waals surface area contributed by atoms with Crippen molar-refractivity contribution >= 4 is 82.0 Å². The molecule has 0 amide bonds. The highest BCUT2D eigenvalue weighted by molar-refractivity contribution is 9.11. The number of hydrogen-bond acceptors (Lipinski definition) is 6. The number of phenolic OH excluding ortho intramolecular Hbond substituents is 1. The molecule has 136 valence electrons. The van der Waals surface area contributed by atoms with Crippen molar-refractivity contribution in [2.24, 2.45) is 5.10 Å². The molecule has 0 aliphatic carbocycles. The summed E-state index contributed by atoms with van der Waals surface area (Å²) in [4.78, 5) is 7.69. The standard InChI is InChI=1S/C17H11Br3N6O/c1-7-3-2-4-8-13(7)22-16-14(8)24-26-17(23-16)25-21-6-9-10(18)5-11(19)15(27)12(9)20/h2-6,27H,1H3,(H2,22,23,25,26).